The molecule has 0 spiro atoms. The van der Waals surface area contributed by atoms with Crippen molar-refractivity contribution in [3.8, 4) is 0 Å². The zero-order valence-electron chi connectivity index (χ0n) is 13.1. The van der Waals surface area contributed by atoms with Crippen molar-refractivity contribution in [3.63, 3.8) is 0 Å². The second-order valence-corrected chi connectivity index (χ2v) is 8.03. The minimum atomic E-state index is -3.33. The maximum atomic E-state index is 12.7. The third-order valence-corrected chi connectivity index (χ3v) is 5.14. The Bertz CT molecular complexity index is 662. The Kier molecular flexibility index (Phi) is 4.70. The van der Waals surface area contributed by atoms with Gasteiger partial charge in [-0.15, -0.1) is 0 Å². The predicted molar refractivity (Wildman–Crippen MR) is 86.4 cm³/mol. The number of carbonyl (C=O) groups excluding carboxylic acids is 1. The van der Waals surface area contributed by atoms with E-state index in [2.05, 4.69) is 4.72 Å². The fourth-order valence-electron chi connectivity index (χ4n) is 3.49. The lowest BCUT2D eigenvalue weighted by Crippen LogP contribution is -2.47. The maximum Gasteiger partial charge on any atom is 0.227 e. The van der Waals surface area contributed by atoms with Crippen LogP contribution >= 0.6 is 0 Å². The highest BCUT2D eigenvalue weighted by atomic mass is 32.2. The number of nitrogens with zero attached hydrogens (tertiary/aromatic N) is 1. The molecule has 1 N–H and O–H groups in total. The molecule has 0 radical (unpaired) electrons. The van der Waals surface area contributed by atoms with Crippen LogP contribution in [0.1, 0.15) is 18.4 Å². The van der Waals surface area contributed by atoms with Gasteiger partial charge in [-0.3, -0.25) is 4.79 Å². The highest BCUT2D eigenvalue weighted by Crippen LogP contribution is 2.29. The normalized spacial score (nSPS) is 27.7. The monoisotopic (exact) mass is 338 g/mol. The van der Waals surface area contributed by atoms with E-state index >= 15 is 0 Å². The highest BCUT2D eigenvalue weighted by Gasteiger charge is 2.46. The van der Waals surface area contributed by atoms with E-state index in [1.807, 2.05) is 30.3 Å². The molecule has 0 aromatic heterocycles. The molecule has 2 aliphatic heterocycles. The third-order valence-electron chi connectivity index (χ3n) is 4.41. The van der Waals surface area contributed by atoms with Gasteiger partial charge in [0.1, 0.15) is 0 Å². The van der Waals surface area contributed by atoms with E-state index < -0.39 is 10.0 Å². The van der Waals surface area contributed by atoms with Crippen molar-refractivity contribution in [2.75, 3.05) is 19.4 Å². The third kappa shape index (κ3) is 3.91. The van der Waals surface area contributed by atoms with E-state index in [9.17, 15) is 13.2 Å². The standard InChI is InChI=1S/C16H22N2O4S/c1-23(20,21)17-13-11-18(14-8-5-9-22-16(13)14)15(19)10-12-6-3-2-4-7-12/h2-4,6-7,13-14,16-17H,5,8-11H2,1H3/t13-,14+,16+/m1/s1. The fourth-order valence-corrected chi connectivity index (χ4v) is 4.25. The number of nitrogens with one attached hydrogen (secondary N) is 1. The lowest BCUT2D eigenvalue weighted by molar-refractivity contribution is -0.133. The number of hydrogen-bond donors (Lipinski definition) is 1. The van der Waals surface area contributed by atoms with Crippen LogP contribution in [-0.2, 0) is 26.0 Å². The molecule has 0 unspecified atom stereocenters. The summed E-state index contributed by atoms with van der Waals surface area (Å²) in [7, 11) is -3.33. The van der Waals surface area contributed by atoms with Crippen molar-refractivity contribution in [2.45, 2.75) is 37.5 Å². The van der Waals surface area contributed by atoms with Gasteiger partial charge in [-0.2, -0.15) is 0 Å². The Hall–Kier alpha value is -1.44. The lowest BCUT2D eigenvalue weighted by Gasteiger charge is -2.32. The Labute approximate surface area is 136 Å². The zero-order chi connectivity index (χ0) is 16.4. The number of ether oxygens (including phenoxy) is 1. The van der Waals surface area contributed by atoms with Gasteiger partial charge in [-0.05, 0) is 18.4 Å². The van der Waals surface area contributed by atoms with Crippen molar-refractivity contribution < 1.29 is 17.9 Å². The van der Waals surface area contributed by atoms with Crippen LogP contribution in [0, 0.1) is 0 Å². The Morgan fingerprint density at radius 3 is 2.78 bits per heavy atom. The van der Waals surface area contributed by atoms with Crippen LogP contribution in [-0.4, -0.2) is 56.8 Å². The molecule has 1 aromatic carbocycles. The summed E-state index contributed by atoms with van der Waals surface area (Å²) in [4.78, 5) is 14.5. The molecule has 0 aliphatic carbocycles. The van der Waals surface area contributed by atoms with Gasteiger partial charge in [0.05, 0.1) is 30.9 Å². The maximum absolute atomic E-state index is 12.7. The number of benzene rings is 1. The number of rotatable bonds is 4. The largest absolute Gasteiger partial charge is 0.374 e. The summed E-state index contributed by atoms with van der Waals surface area (Å²) in [6.07, 6.45) is 2.96. The molecule has 126 valence electrons. The molecule has 2 fully saturated rings. The Morgan fingerprint density at radius 1 is 1.35 bits per heavy atom. The molecule has 3 atom stereocenters. The first-order valence-corrected chi connectivity index (χ1v) is 9.75. The molecule has 23 heavy (non-hydrogen) atoms. The smallest absolute Gasteiger partial charge is 0.227 e. The zero-order valence-corrected chi connectivity index (χ0v) is 14.0. The van der Waals surface area contributed by atoms with E-state index in [0.29, 0.717) is 19.6 Å². The predicted octanol–water partition coefficient (Wildman–Crippen LogP) is 0.537. The molecule has 3 rings (SSSR count). The van der Waals surface area contributed by atoms with Gasteiger partial charge in [0, 0.05) is 13.2 Å². The number of hydrogen-bond acceptors (Lipinski definition) is 4. The van der Waals surface area contributed by atoms with E-state index in [1.165, 1.54) is 0 Å². The van der Waals surface area contributed by atoms with Crippen LogP contribution in [0.4, 0.5) is 0 Å². The molecule has 2 aliphatic rings. The summed E-state index contributed by atoms with van der Waals surface area (Å²) in [6.45, 7) is 0.984. The van der Waals surface area contributed by atoms with Crippen molar-refractivity contribution in [2.24, 2.45) is 0 Å². The SMILES string of the molecule is CS(=O)(=O)N[C@@H]1CN(C(=O)Cc2ccccc2)[C@H]2CCCO[C@@H]12. The molecular weight excluding hydrogens is 316 g/mol. The molecule has 1 amide bonds. The minimum Gasteiger partial charge on any atom is -0.374 e. The molecule has 7 heteroatoms. The van der Waals surface area contributed by atoms with Gasteiger partial charge in [0.25, 0.3) is 0 Å². The summed E-state index contributed by atoms with van der Waals surface area (Å²) in [5, 5.41) is 0. The first-order chi connectivity index (χ1) is 10.9. The van der Waals surface area contributed by atoms with Crippen LogP contribution in [0.5, 0.6) is 0 Å². The highest BCUT2D eigenvalue weighted by molar-refractivity contribution is 7.88. The molecule has 1 aromatic rings. The minimum absolute atomic E-state index is 0.0227. The summed E-state index contributed by atoms with van der Waals surface area (Å²) >= 11 is 0. The Morgan fingerprint density at radius 2 is 2.09 bits per heavy atom. The topological polar surface area (TPSA) is 75.7 Å². The molecule has 2 saturated heterocycles. The molecule has 0 bridgehead atoms. The summed E-state index contributed by atoms with van der Waals surface area (Å²) in [6, 6.07) is 9.18. The molecular formula is C16H22N2O4S. The molecule has 6 nitrogen and oxygen atoms in total. The van der Waals surface area contributed by atoms with Gasteiger partial charge in [0.2, 0.25) is 15.9 Å². The van der Waals surface area contributed by atoms with E-state index in [4.69, 9.17) is 4.74 Å². The van der Waals surface area contributed by atoms with Crippen molar-refractivity contribution in [1.29, 1.82) is 0 Å². The van der Waals surface area contributed by atoms with E-state index in [1.54, 1.807) is 4.90 Å². The van der Waals surface area contributed by atoms with Crippen LogP contribution in [0.25, 0.3) is 0 Å². The number of amides is 1. The number of sulfonamides is 1. The molecule has 0 saturated carbocycles. The van der Waals surface area contributed by atoms with Gasteiger partial charge >= 0.3 is 0 Å². The quantitative estimate of drug-likeness (QED) is 0.869. The van der Waals surface area contributed by atoms with Crippen LogP contribution in [0.3, 0.4) is 0 Å². The summed E-state index contributed by atoms with van der Waals surface area (Å²) in [5.41, 5.74) is 0.963. The number of likely N-dealkylation sites (tertiary alicyclic amines) is 1. The van der Waals surface area contributed by atoms with Crippen molar-refractivity contribution in [3.05, 3.63) is 35.9 Å². The van der Waals surface area contributed by atoms with Crippen LogP contribution in [0.15, 0.2) is 30.3 Å². The first-order valence-electron chi connectivity index (χ1n) is 7.86. The van der Waals surface area contributed by atoms with Gasteiger partial charge < -0.3 is 9.64 Å². The summed E-state index contributed by atoms with van der Waals surface area (Å²) in [5.74, 6) is 0.0227. The van der Waals surface area contributed by atoms with Crippen molar-refractivity contribution in [1.82, 2.24) is 9.62 Å². The number of carbonyl (C=O) groups is 1. The van der Waals surface area contributed by atoms with Crippen LogP contribution < -0.4 is 4.72 Å². The van der Waals surface area contributed by atoms with E-state index in [0.717, 1.165) is 24.7 Å². The Balaban J connectivity index is 1.74. The second kappa shape index (κ2) is 6.59. The first kappa shape index (κ1) is 16.4. The number of fused-ring (bicyclic) bond motifs is 1. The van der Waals surface area contributed by atoms with Gasteiger partial charge in [-0.25, -0.2) is 13.1 Å². The van der Waals surface area contributed by atoms with E-state index in [-0.39, 0.29) is 24.1 Å². The van der Waals surface area contributed by atoms with Gasteiger partial charge in [-0.1, -0.05) is 30.3 Å². The van der Waals surface area contributed by atoms with Crippen molar-refractivity contribution >= 4 is 15.9 Å². The second-order valence-electron chi connectivity index (χ2n) is 6.25. The molecule has 2 heterocycles. The average Bonchev–Trinajstić information content (AvgIpc) is 2.86. The summed E-state index contributed by atoms with van der Waals surface area (Å²) < 4.78 is 31.5. The van der Waals surface area contributed by atoms with Crippen LogP contribution in [0.2, 0.25) is 0 Å². The average molecular weight is 338 g/mol. The lowest BCUT2D eigenvalue weighted by atomic mass is 10.0. The fraction of sp³-hybridized carbons (Fsp3) is 0.562. The van der Waals surface area contributed by atoms with Gasteiger partial charge in [0.15, 0.2) is 0 Å².